The van der Waals surface area contributed by atoms with E-state index in [1.807, 2.05) is 18.6 Å². The summed E-state index contributed by atoms with van der Waals surface area (Å²) < 4.78 is 0. The van der Waals surface area contributed by atoms with Gasteiger partial charge in [-0.2, -0.15) is 35.2 Å². The van der Waals surface area contributed by atoms with E-state index in [1.165, 1.54) is 45.0 Å². The molecule has 6 aromatic rings. The van der Waals surface area contributed by atoms with Gasteiger partial charge < -0.3 is 24.4 Å². The van der Waals surface area contributed by atoms with Gasteiger partial charge in [0.05, 0.1) is 18.0 Å². The summed E-state index contributed by atoms with van der Waals surface area (Å²) in [5.41, 5.74) is 13.9. The Hall–Kier alpha value is -5.09. The first-order valence-electron chi connectivity index (χ1n) is 15.5. The maximum atomic E-state index is 4.69. The van der Waals surface area contributed by atoms with Crippen LogP contribution in [0.4, 0.5) is 45.8 Å². The zero-order valence-electron chi connectivity index (χ0n) is 25.7. The maximum Gasteiger partial charge on any atom is 0.278 e. The third-order valence-corrected chi connectivity index (χ3v) is 9.63. The minimum atomic E-state index is -0.132. The molecule has 0 unspecified atom stereocenters. The Labute approximate surface area is 288 Å². The van der Waals surface area contributed by atoms with Crippen LogP contribution in [0, 0.1) is 18.8 Å². The van der Waals surface area contributed by atoms with Gasteiger partial charge in [-0.05, 0) is 31.3 Å². The van der Waals surface area contributed by atoms with Gasteiger partial charge in [-0.25, -0.2) is 9.97 Å². The molecule has 0 aliphatic carbocycles. The molecule has 5 heterocycles. The Bertz CT molecular complexity index is 2070. The van der Waals surface area contributed by atoms with Crippen molar-refractivity contribution in [3.63, 3.8) is 0 Å². The van der Waals surface area contributed by atoms with Crippen molar-refractivity contribution >= 4 is 63.5 Å². The second-order valence-corrected chi connectivity index (χ2v) is 12.2. The van der Waals surface area contributed by atoms with Crippen LogP contribution in [0.25, 0.3) is 22.3 Å². The fourth-order valence-electron chi connectivity index (χ4n) is 7.62. The van der Waals surface area contributed by atoms with Crippen LogP contribution in [-0.2, 0) is 20.4 Å². The number of benzene rings is 5. The second kappa shape index (κ2) is 10.5. The van der Waals surface area contributed by atoms with Gasteiger partial charge in [-0.3, -0.25) is 0 Å². The smallest absolute Gasteiger partial charge is 0.278 e. The zero-order valence-corrected chi connectivity index (χ0v) is 27.3. The Morgan fingerprint density at radius 1 is 0.617 bits per heavy atom. The molecule has 4 aliphatic heterocycles. The summed E-state index contributed by atoms with van der Waals surface area (Å²) in [6.45, 7) is 2.67. The van der Waals surface area contributed by atoms with Crippen molar-refractivity contribution in [3.05, 3.63) is 128 Å². The number of nitrogens with zero attached hydrogens (tertiary/aromatic N) is 7. The molecule has 0 amide bonds. The molecule has 230 valence electrons. The molecular weight excluding hydrogens is 672 g/mol. The van der Waals surface area contributed by atoms with Gasteiger partial charge >= 0.3 is 0 Å². The van der Waals surface area contributed by atoms with Crippen LogP contribution in [0.3, 0.4) is 0 Å². The Morgan fingerprint density at radius 3 is 1.85 bits per heavy atom. The number of aromatic nitrogens is 2. The Balaban J connectivity index is 0.00000302. The van der Waals surface area contributed by atoms with Gasteiger partial charge in [-0.15, -0.1) is 35.6 Å². The molecule has 5 aromatic carbocycles. The van der Waals surface area contributed by atoms with Gasteiger partial charge in [0.25, 0.3) is 6.85 Å². The van der Waals surface area contributed by atoms with Crippen LogP contribution < -0.4 is 35.3 Å². The molecule has 0 fully saturated rings. The molecule has 0 spiro atoms. The van der Waals surface area contributed by atoms with E-state index >= 15 is 0 Å². The Morgan fingerprint density at radius 2 is 1.17 bits per heavy atom. The summed E-state index contributed by atoms with van der Waals surface area (Å²) in [6.07, 6.45) is 3.48. The first-order chi connectivity index (χ1) is 22.7. The largest absolute Gasteiger partial charge is 0.487 e. The maximum absolute atomic E-state index is 4.69. The van der Waals surface area contributed by atoms with Gasteiger partial charge in [0.15, 0.2) is 0 Å². The normalized spacial score (nSPS) is 14.9. The minimum absolute atomic E-state index is 0. The Kier molecular flexibility index (Phi) is 6.27. The van der Waals surface area contributed by atoms with E-state index in [1.54, 1.807) is 12.4 Å². The number of fused-ring (bicyclic) bond motifs is 13. The summed E-state index contributed by atoms with van der Waals surface area (Å²) >= 11 is 0. The molecule has 7 nitrogen and oxygen atoms in total. The quantitative estimate of drug-likeness (QED) is 0.157. The molecule has 0 saturated carbocycles. The minimum Gasteiger partial charge on any atom is -0.487 e. The molecule has 0 N–H and O–H groups in total. The molecular formula is C38H27BN7Pd-3. The number of hydrogen-bond acceptors (Lipinski definition) is 7. The average Bonchev–Trinajstić information content (AvgIpc) is 3.64. The van der Waals surface area contributed by atoms with Crippen LogP contribution in [-0.4, -0.2) is 37.6 Å². The van der Waals surface area contributed by atoms with Gasteiger partial charge in [0.2, 0.25) is 0 Å². The van der Waals surface area contributed by atoms with Crippen molar-refractivity contribution in [1.29, 1.82) is 0 Å². The summed E-state index contributed by atoms with van der Waals surface area (Å²) in [7, 11) is 4.15. The summed E-state index contributed by atoms with van der Waals surface area (Å²) in [6, 6.07) is 42.9. The fraction of sp³-hybridized carbons (Fsp3) is 0.0789. The summed E-state index contributed by atoms with van der Waals surface area (Å²) in [4.78, 5) is 20.5. The van der Waals surface area contributed by atoms with E-state index in [9.17, 15) is 0 Å². The first-order valence-corrected chi connectivity index (χ1v) is 15.5. The van der Waals surface area contributed by atoms with E-state index in [4.69, 9.17) is 0 Å². The predicted molar refractivity (Wildman–Crippen MR) is 187 cm³/mol. The van der Waals surface area contributed by atoms with E-state index in [-0.39, 0.29) is 27.3 Å². The molecule has 10 rings (SSSR count). The number of rotatable bonds is 2. The molecule has 9 heteroatoms. The van der Waals surface area contributed by atoms with Crippen LogP contribution in [0.2, 0.25) is 0 Å². The van der Waals surface area contributed by atoms with Gasteiger partial charge in [0.1, 0.15) is 11.6 Å². The van der Waals surface area contributed by atoms with Crippen molar-refractivity contribution in [2.45, 2.75) is 0 Å². The molecule has 0 saturated heterocycles. The van der Waals surface area contributed by atoms with Gasteiger partial charge in [-0.1, -0.05) is 65.3 Å². The van der Waals surface area contributed by atoms with Crippen LogP contribution in [0.5, 0.6) is 0 Å². The first kappa shape index (κ1) is 28.2. The molecule has 0 radical (unpaired) electrons. The fourth-order valence-corrected chi connectivity index (χ4v) is 7.62. The molecule has 0 bridgehead atoms. The van der Waals surface area contributed by atoms with Crippen LogP contribution in [0.1, 0.15) is 0 Å². The molecule has 47 heavy (non-hydrogen) atoms. The van der Waals surface area contributed by atoms with E-state index in [0.717, 1.165) is 40.6 Å². The van der Waals surface area contributed by atoms with Crippen molar-refractivity contribution in [1.82, 2.24) is 9.97 Å². The van der Waals surface area contributed by atoms with Crippen LogP contribution >= 0.6 is 0 Å². The van der Waals surface area contributed by atoms with Crippen LogP contribution in [0.15, 0.2) is 109 Å². The second-order valence-electron chi connectivity index (χ2n) is 12.2. The van der Waals surface area contributed by atoms with Crippen molar-refractivity contribution in [2.75, 3.05) is 45.2 Å². The number of anilines is 8. The molecule has 1 aromatic heterocycles. The van der Waals surface area contributed by atoms with E-state index in [2.05, 4.69) is 146 Å². The van der Waals surface area contributed by atoms with E-state index < -0.39 is 0 Å². The SMILES string of the molecule is CN1[CH-]N(c2[c-]c3c(cc2)-c2ccccc2N2B3c3[c-]c(N4CN(C)c5ccccc54)ccc3-c3ccccc32)c2nccnc21.[Pd]. The predicted octanol–water partition coefficient (Wildman–Crippen LogP) is 6.23. The third-order valence-electron chi connectivity index (χ3n) is 9.63. The number of hydrogen-bond donors (Lipinski definition) is 0. The summed E-state index contributed by atoms with van der Waals surface area (Å²) in [5, 5.41) is 0. The number of para-hydroxylation sites is 4. The van der Waals surface area contributed by atoms with Crippen molar-refractivity contribution in [3.8, 4) is 22.3 Å². The van der Waals surface area contributed by atoms with Gasteiger partial charge in [0, 0.05) is 51.2 Å². The molecule has 0 atom stereocenters. The zero-order chi connectivity index (χ0) is 30.5. The molecule has 4 aliphatic rings. The van der Waals surface area contributed by atoms with Crippen molar-refractivity contribution < 1.29 is 20.4 Å². The average molecular weight is 699 g/mol. The standard InChI is InChI=1S/C38H27BN7.Pd/c1-42-23-44(36-14-8-7-13-35(36)42)25-15-17-27-29-9-3-5-11-33(29)46-34-12-6-4-10-30(34)28-18-16-26(22-32(28)39(46)31(27)21-25)45-24-43(2)37-38(45)41-20-19-40-37;/h3-20,24H,23H2,1-2H3;/q-3;. The third kappa shape index (κ3) is 3.97. The van der Waals surface area contributed by atoms with Crippen molar-refractivity contribution in [2.24, 2.45) is 0 Å². The summed E-state index contributed by atoms with van der Waals surface area (Å²) in [5.74, 6) is 1.63. The monoisotopic (exact) mass is 698 g/mol. The van der Waals surface area contributed by atoms with E-state index in [0.29, 0.717) is 0 Å². The topological polar surface area (TPSA) is 42.0 Å².